The van der Waals surface area contributed by atoms with Crippen LogP contribution in [-0.4, -0.2) is 24.8 Å². The van der Waals surface area contributed by atoms with E-state index in [2.05, 4.69) is 4.74 Å². The summed E-state index contributed by atoms with van der Waals surface area (Å²) in [6.45, 7) is 2.01. The zero-order valence-corrected chi connectivity index (χ0v) is 10.6. The summed E-state index contributed by atoms with van der Waals surface area (Å²) in [6, 6.07) is 7.08. The molecule has 5 heteroatoms. The molecule has 1 heterocycles. The molecule has 98 valence electrons. The SMILES string of the molecule is CCc1ccc(C2=C(C(=O)OC)C(=O)C(=O)O2)cc1. The number of Topliss-reactive ketones (excluding diaryl/α,β-unsaturated/α-hetero) is 1. The van der Waals surface area contributed by atoms with Crippen molar-refractivity contribution >= 4 is 23.5 Å². The Morgan fingerprint density at radius 3 is 2.37 bits per heavy atom. The summed E-state index contributed by atoms with van der Waals surface area (Å²) in [5.74, 6) is -2.94. The van der Waals surface area contributed by atoms with E-state index in [1.165, 1.54) is 0 Å². The number of methoxy groups -OCH3 is 1. The normalized spacial score (nSPS) is 14.6. The van der Waals surface area contributed by atoms with Crippen LogP contribution >= 0.6 is 0 Å². The van der Waals surface area contributed by atoms with E-state index in [1.807, 2.05) is 19.1 Å². The van der Waals surface area contributed by atoms with Crippen LogP contribution in [0, 0.1) is 0 Å². The summed E-state index contributed by atoms with van der Waals surface area (Å²) in [5.41, 5.74) is 1.24. The van der Waals surface area contributed by atoms with Crippen molar-refractivity contribution in [1.82, 2.24) is 0 Å². The van der Waals surface area contributed by atoms with Crippen LogP contribution in [0.2, 0.25) is 0 Å². The third-order valence-electron chi connectivity index (χ3n) is 2.85. The van der Waals surface area contributed by atoms with Gasteiger partial charge in [-0.05, 0) is 12.0 Å². The molecule has 0 amide bonds. The van der Waals surface area contributed by atoms with Crippen LogP contribution in [0.25, 0.3) is 5.76 Å². The summed E-state index contributed by atoms with van der Waals surface area (Å²) >= 11 is 0. The Kier molecular flexibility index (Phi) is 3.46. The number of ketones is 1. The fourth-order valence-corrected chi connectivity index (χ4v) is 1.78. The Hall–Kier alpha value is -2.43. The minimum Gasteiger partial charge on any atom is -0.465 e. The molecule has 1 aliphatic rings. The third kappa shape index (κ3) is 2.27. The molecule has 1 aliphatic heterocycles. The monoisotopic (exact) mass is 260 g/mol. The lowest BCUT2D eigenvalue weighted by Gasteiger charge is -2.04. The van der Waals surface area contributed by atoms with Gasteiger partial charge in [0.15, 0.2) is 11.3 Å². The van der Waals surface area contributed by atoms with Crippen LogP contribution in [0.1, 0.15) is 18.1 Å². The summed E-state index contributed by atoms with van der Waals surface area (Å²) < 4.78 is 9.36. The molecule has 0 spiro atoms. The summed E-state index contributed by atoms with van der Waals surface area (Å²) in [6.07, 6.45) is 0.863. The number of benzene rings is 1. The zero-order chi connectivity index (χ0) is 14.0. The number of carbonyl (C=O) groups excluding carboxylic acids is 3. The predicted molar refractivity (Wildman–Crippen MR) is 65.9 cm³/mol. The summed E-state index contributed by atoms with van der Waals surface area (Å²) in [4.78, 5) is 34.4. The maximum absolute atomic E-state index is 11.6. The average Bonchev–Trinajstić information content (AvgIpc) is 2.74. The molecule has 0 saturated heterocycles. The Morgan fingerprint density at radius 1 is 1.21 bits per heavy atom. The first kappa shape index (κ1) is 13.0. The molecule has 5 nitrogen and oxygen atoms in total. The fraction of sp³-hybridized carbons (Fsp3) is 0.214. The van der Waals surface area contributed by atoms with E-state index >= 15 is 0 Å². The zero-order valence-electron chi connectivity index (χ0n) is 10.6. The van der Waals surface area contributed by atoms with E-state index in [-0.39, 0.29) is 11.3 Å². The van der Waals surface area contributed by atoms with Gasteiger partial charge in [0.1, 0.15) is 0 Å². The van der Waals surface area contributed by atoms with Crippen LogP contribution < -0.4 is 0 Å². The highest BCUT2D eigenvalue weighted by atomic mass is 16.6. The lowest BCUT2D eigenvalue weighted by atomic mass is 10.0. The fourth-order valence-electron chi connectivity index (χ4n) is 1.78. The van der Waals surface area contributed by atoms with Crippen LogP contribution in [0.4, 0.5) is 0 Å². The van der Waals surface area contributed by atoms with Crippen molar-refractivity contribution in [3.05, 3.63) is 41.0 Å². The smallest absolute Gasteiger partial charge is 0.385 e. The Labute approximate surface area is 109 Å². The van der Waals surface area contributed by atoms with Crippen LogP contribution in [0.15, 0.2) is 29.8 Å². The Balaban J connectivity index is 2.49. The third-order valence-corrected chi connectivity index (χ3v) is 2.85. The summed E-state index contributed by atoms with van der Waals surface area (Å²) in [5, 5.41) is 0. The molecule has 0 atom stereocenters. The summed E-state index contributed by atoms with van der Waals surface area (Å²) in [7, 11) is 1.14. The molecular formula is C14H12O5. The molecule has 1 aromatic rings. The molecule has 0 saturated carbocycles. The first-order chi connectivity index (χ1) is 9.08. The van der Waals surface area contributed by atoms with Crippen LogP contribution in [-0.2, 0) is 30.3 Å². The maximum atomic E-state index is 11.6. The quantitative estimate of drug-likeness (QED) is 0.465. The minimum absolute atomic E-state index is 0.0375. The van der Waals surface area contributed by atoms with E-state index in [0.717, 1.165) is 19.1 Å². The second-order valence-electron chi connectivity index (χ2n) is 3.96. The lowest BCUT2D eigenvalue weighted by molar-refractivity contribution is -0.146. The molecule has 0 unspecified atom stereocenters. The lowest BCUT2D eigenvalue weighted by Crippen LogP contribution is -2.16. The van der Waals surface area contributed by atoms with Gasteiger partial charge < -0.3 is 9.47 Å². The van der Waals surface area contributed by atoms with Crippen molar-refractivity contribution in [2.24, 2.45) is 0 Å². The molecular weight excluding hydrogens is 248 g/mol. The van der Waals surface area contributed by atoms with Gasteiger partial charge in [-0.3, -0.25) is 4.79 Å². The number of esters is 2. The average molecular weight is 260 g/mol. The van der Waals surface area contributed by atoms with Gasteiger partial charge in [-0.25, -0.2) is 9.59 Å². The molecule has 19 heavy (non-hydrogen) atoms. The van der Waals surface area contributed by atoms with E-state index in [9.17, 15) is 14.4 Å². The number of ether oxygens (including phenoxy) is 2. The Bertz CT molecular complexity index is 580. The highest BCUT2D eigenvalue weighted by molar-refractivity contribution is 6.51. The minimum atomic E-state index is -1.06. The molecule has 0 radical (unpaired) electrons. The van der Waals surface area contributed by atoms with Gasteiger partial charge in [-0.15, -0.1) is 0 Å². The van der Waals surface area contributed by atoms with Gasteiger partial charge in [-0.1, -0.05) is 31.2 Å². The molecule has 0 fully saturated rings. The molecule has 1 aromatic carbocycles. The van der Waals surface area contributed by atoms with E-state index in [0.29, 0.717) is 5.56 Å². The van der Waals surface area contributed by atoms with Crippen molar-refractivity contribution in [3.63, 3.8) is 0 Å². The number of hydrogen-bond donors (Lipinski definition) is 0. The topological polar surface area (TPSA) is 69.7 Å². The standard InChI is InChI=1S/C14H12O5/c1-3-8-4-6-9(7-5-8)12-10(13(16)18-2)11(15)14(17)19-12/h4-7H,3H2,1-2H3. The molecule has 2 rings (SSSR count). The second-order valence-corrected chi connectivity index (χ2v) is 3.96. The van der Waals surface area contributed by atoms with Crippen molar-refractivity contribution in [2.45, 2.75) is 13.3 Å². The highest BCUT2D eigenvalue weighted by Crippen LogP contribution is 2.28. The Morgan fingerprint density at radius 2 is 1.84 bits per heavy atom. The van der Waals surface area contributed by atoms with Gasteiger partial charge >= 0.3 is 11.9 Å². The van der Waals surface area contributed by atoms with E-state index < -0.39 is 17.7 Å². The first-order valence-electron chi connectivity index (χ1n) is 5.77. The van der Waals surface area contributed by atoms with Gasteiger partial charge in [0.2, 0.25) is 0 Å². The van der Waals surface area contributed by atoms with Gasteiger partial charge in [0.05, 0.1) is 7.11 Å². The molecule has 0 N–H and O–H groups in total. The highest BCUT2D eigenvalue weighted by Gasteiger charge is 2.39. The van der Waals surface area contributed by atoms with E-state index in [1.54, 1.807) is 12.1 Å². The number of carbonyl (C=O) groups is 3. The number of hydrogen-bond acceptors (Lipinski definition) is 5. The maximum Gasteiger partial charge on any atom is 0.385 e. The van der Waals surface area contributed by atoms with Crippen LogP contribution in [0.5, 0.6) is 0 Å². The largest absolute Gasteiger partial charge is 0.465 e. The van der Waals surface area contributed by atoms with Crippen molar-refractivity contribution in [1.29, 1.82) is 0 Å². The molecule has 0 aliphatic carbocycles. The van der Waals surface area contributed by atoms with Gasteiger partial charge in [-0.2, -0.15) is 0 Å². The number of aryl methyl sites for hydroxylation is 1. The number of cyclic esters (lactones) is 1. The van der Waals surface area contributed by atoms with Gasteiger partial charge in [0, 0.05) is 5.56 Å². The first-order valence-corrected chi connectivity index (χ1v) is 5.77. The predicted octanol–water partition coefficient (Wildman–Crippen LogP) is 1.26. The van der Waals surface area contributed by atoms with Crippen molar-refractivity contribution in [3.8, 4) is 0 Å². The molecule has 0 aromatic heterocycles. The van der Waals surface area contributed by atoms with E-state index in [4.69, 9.17) is 4.74 Å². The van der Waals surface area contributed by atoms with Crippen molar-refractivity contribution in [2.75, 3.05) is 7.11 Å². The number of rotatable bonds is 3. The van der Waals surface area contributed by atoms with Crippen molar-refractivity contribution < 1.29 is 23.9 Å². The molecule has 0 bridgehead atoms. The second kappa shape index (κ2) is 5.06. The van der Waals surface area contributed by atoms with Gasteiger partial charge in [0.25, 0.3) is 5.78 Å². The van der Waals surface area contributed by atoms with Crippen LogP contribution in [0.3, 0.4) is 0 Å².